The van der Waals surface area contributed by atoms with Gasteiger partial charge in [-0.25, -0.2) is 0 Å². The summed E-state index contributed by atoms with van der Waals surface area (Å²) >= 11 is 0. The number of nitro benzene ring substituents is 1. The summed E-state index contributed by atoms with van der Waals surface area (Å²) in [7, 11) is 0. The van der Waals surface area contributed by atoms with Crippen LogP contribution in [0.3, 0.4) is 0 Å². The summed E-state index contributed by atoms with van der Waals surface area (Å²) in [5, 5.41) is 14.3. The third kappa shape index (κ3) is 2.99. The van der Waals surface area contributed by atoms with Crippen LogP contribution >= 0.6 is 0 Å². The first kappa shape index (κ1) is 13.5. The Morgan fingerprint density at radius 3 is 2.50 bits per heavy atom. The number of fused-ring (bicyclic) bond motifs is 3. The second kappa shape index (κ2) is 5.89. The van der Waals surface area contributed by atoms with Crippen molar-refractivity contribution in [1.29, 1.82) is 0 Å². The van der Waals surface area contributed by atoms with Crippen LogP contribution in [0, 0.1) is 16.0 Å². The molecule has 0 spiro atoms. The van der Waals surface area contributed by atoms with E-state index in [0.717, 1.165) is 24.4 Å². The molecule has 5 heteroatoms. The molecule has 0 amide bonds. The number of benzene rings is 1. The smallest absolute Gasteiger partial charge is 0.269 e. The predicted octanol–water partition coefficient (Wildman–Crippen LogP) is 1.82. The van der Waals surface area contributed by atoms with Gasteiger partial charge in [0.1, 0.15) is 0 Å². The summed E-state index contributed by atoms with van der Waals surface area (Å²) in [6.45, 7) is 4.67. The van der Waals surface area contributed by atoms with Crippen LogP contribution in [0.4, 0.5) is 5.69 Å². The quantitative estimate of drug-likeness (QED) is 0.658. The summed E-state index contributed by atoms with van der Waals surface area (Å²) in [4.78, 5) is 12.8. The van der Waals surface area contributed by atoms with Crippen LogP contribution in [0.1, 0.15) is 18.4 Å². The van der Waals surface area contributed by atoms with E-state index in [2.05, 4.69) is 10.2 Å². The molecule has 1 N–H and O–H groups in total. The molecule has 0 aliphatic carbocycles. The highest BCUT2D eigenvalue weighted by Gasteiger charge is 2.33. The number of nitro groups is 1. The fraction of sp³-hybridized carbons (Fsp3) is 0.600. The maximum atomic E-state index is 10.6. The molecule has 3 saturated heterocycles. The lowest BCUT2D eigenvalue weighted by molar-refractivity contribution is -0.384. The van der Waals surface area contributed by atoms with Gasteiger partial charge in [0.05, 0.1) is 4.92 Å². The van der Waals surface area contributed by atoms with Crippen LogP contribution in [0.15, 0.2) is 24.3 Å². The zero-order chi connectivity index (χ0) is 13.9. The van der Waals surface area contributed by atoms with E-state index < -0.39 is 0 Å². The van der Waals surface area contributed by atoms with E-state index in [-0.39, 0.29) is 10.6 Å². The molecular weight excluding hydrogens is 254 g/mol. The number of hydrogen-bond donors (Lipinski definition) is 1. The highest BCUT2D eigenvalue weighted by molar-refractivity contribution is 5.32. The van der Waals surface area contributed by atoms with Gasteiger partial charge in [-0.15, -0.1) is 0 Å². The van der Waals surface area contributed by atoms with Gasteiger partial charge in [0.25, 0.3) is 5.69 Å². The zero-order valence-corrected chi connectivity index (χ0v) is 11.6. The average Bonchev–Trinajstić information content (AvgIpc) is 2.49. The summed E-state index contributed by atoms with van der Waals surface area (Å²) in [6, 6.07) is 7.52. The van der Waals surface area contributed by atoms with Crippen LogP contribution in [-0.4, -0.2) is 42.0 Å². The van der Waals surface area contributed by atoms with Gasteiger partial charge in [0, 0.05) is 24.7 Å². The molecular formula is C15H21N3O2. The molecule has 1 atom stereocenters. The molecule has 2 bridgehead atoms. The van der Waals surface area contributed by atoms with Gasteiger partial charge < -0.3 is 10.2 Å². The zero-order valence-electron chi connectivity index (χ0n) is 11.6. The van der Waals surface area contributed by atoms with Crippen molar-refractivity contribution in [3.63, 3.8) is 0 Å². The Bertz CT molecular complexity index is 467. The van der Waals surface area contributed by atoms with Crippen molar-refractivity contribution in [2.24, 2.45) is 5.92 Å². The van der Waals surface area contributed by atoms with E-state index in [1.54, 1.807) is 12.1 Å². The van der Waals surface area contributed by atoms with Gasteiger partial charge in [-0.05, 0) is 50.4 Å². The lowest BCUT2D eigenvalue weighted by Gasteiger charge is -2.45. The van der Waals surface area contributed by atoms with E-state index in [1.165, 1.54) is 32.5 Å². The average molecular weight is 275 g/mol. The number of nitrogens with zero attached hydrogens (tertiary/aromatic N) is 2. The molecule has 0 saturated carbocycles. The molecule has 4 rings (SSSR count). The van der Waals surface area contributed by atoms with Crippen molar-refractivity contribution in [1.82, 2.24) is 10.2 Å². The molecule has 5 nitrogen and oxygen atoms in total. The first-order valence-corrected chi connectivity index (χ1v) is 7.41. The van der Waals surface area contributed by atoms with Crippen molar-refractivity contribution in [3.8, 4) is 0 Å². The molecule has 108 valence electrons. The maximum Gasteiger partial charge on any atom is 0.269 e. The van der Waals surface area contributed by atoms with Gasteiger partial charge in [-0.1, -0.05) is 12.1 Å². The van der Waals surface area contributed by atoms with Crippen molar-refractivity contribution in [2.45, 2.75) is 25.3 Å². The van der Waals surface area contributed by atoms with Crippen molar-refractivity contribution >= 4 is 5.69 Å². The van der Waals surface area contributed by atoms with Crippen LogP contribution in [0.5, 0.6) is 0 Å². The summed E-state index contributed by atoms with van der Waals surface area (Å²) in [5.74, 6) is 0.844. The molecule has 20 heavy (non-hydrogen) atoms. The minimum atomic E-state index is -0.352. The van der Waals surface area contributed by atoms with Crippen molar-refractivity contribution in [2.75, 3.05) is 26.2 Å². The maximum absolute atomic E-state index is 10.6. The Balaban J connectivity index is 1.46. The minimum Gasteiger partial charge on any atom is -0.312 e. The number of piperidine rings is 3. The Labute approximate surface area is 119 Å². The SMILES string of the molecule is O=[N+]([O-])c1ccc(CCNC2CN3CCC2CC3)cc1. The molecule has 1 unspecified atom stereocenters. The standard InChI is InChI=1S/C15H21N3O2/c19-18(20)14-3-1-12(2-4-14)5-8-16-15-11-17-9-6-13(15)7-10-17/h1-4,13,15-16H,5-11H2. The summed E-state index contributed by atoms with van der Waals surface area (Å²) in [6.07, 6.45) is 3.59. The van der Waals surface area contributed by atoms with Crippen molar-refractivity contribution in [3.05, 3.63) is 39.9 Å². The summed E-state index contributed by atoms with van der Waals surface area (Å²) < 4.78 is 0. The third-order valence-corrected chi connectivity index (χ3v) is 4.62. The van der Waals surface area contributed by atoms with E-state index in [9.17, 15) is 10.1 Å². The number of hydrogen-bond acceptors (Lipinski definition) is 4. The Hall–Kier alpha value is -1.46. The number of nitrogens with one attached hydrogen (secondary N) is 1. The van der Waals surface area contributed by atoms with Gasteiger partial charge >= 0.3 is 0 Å². The van der Waals surface area contributed by atoms with Gasteiger partial charge in [0.15, 0.2) is 0 Å². The normalized spacial score (nSPS) is 28.5. The van der Waals surface area contributed by atoms with Crippen LogP contribution in [0.2, 0.25) is 0 Å². The summed E-state index contributed by atoms with van der Waals surface area (Å²) in [5.41, 5.74) is 1.32. The molecule has 0 radical (unpaired) electrons. The second-order valence-corrected chi connectivity index (χ2v) is 5.87. The van der Waals surface area contributed by atoms with Gasteiger partial charge in [-0.2, -0.15) is 0 Å². The Morgan fingerprint density at radius 2 is 1.95 bits per heavy atom. The minimum absolute atomic E-state index is 0.166. The number of non-ortho nitro benzene ring substituents is 1. The van der Waals surface area contributed by atoms with Crippen LogP contribution in [-0.2, 0) is 6.42 Å². The van der Waals surface area contributed by atoms with Crippen LogP contribution in [0.25, 0.3) is 0 Å². The Kier molecular flexibility index (Phi) is 3.98. The first-order chi connectivity index (χ1) is 9.72. The molecule has 0 aromatic heterocycles. The van der Waals surface area contributed by atoms with Crippen molar-refractivity contribution < 1.29 is 4.92 Å². The van der Waals surface area contributed by atoms with E-state index in [4.69, 9.17) is 0 Å². The fourth-order valence-electron chi connectivity index (χ4n) is 3.38. The lowest BCUT2D eigenvalue weighted by atomic mass is 9.84. The van der Waals surface area contributed by atoms with Crippen LogP contribution < -0.4 is 5.32 Å². The first-order valence-electron chi connectivity index (χ1n) is 7.41. The van der Waals surface area contributed by atoms with E-state index in [0.29, 0.717) is 6.04 Å². The molecule has 1 aromatic rings. The molecule has 3 heterocycles. The highest BCUT2D eigenvalue weighted by Crippen LogP contribution is 2.27. The molecule has 3 aliphatic rings. The predicted molar refractivity (Wildman–Crippen MR) is 77.8 cm³/mol. The monoisotopic (exact) mass is 275 g/mol. The largest absolute Gasteiger partial charge is 0.312 e. The molecule has 3 aliphatic heterocycles. The molecule has 3 fully saturated rings. The van der Waals surface area contributed by atoms with E-state index in [1.807, 2.05) is 12.1 Å². The second-order valence-electron chi connectivity index (χ2n) is 5.87. The Morgan fingerprint density at radius 1 is 1.25 bits per heavy atom. The third-order valence-electron chi connectivity index (χ3n) is 4.62. The fourth-order valence-corrected chi connectivity index (χ4v) is 3.38. The number of rotatable bonds is 5. The highest BCUT2D eigenvalue weighted by atomic mass is 16.6. The molecule has 1 aromatic carbocycles. The lowest BCUT2D eigenvalue weighted by Crippen LogP contribution is -2.56. The van der Waals surface area contributed by atoms with Gasteiger partial charge in [0.2, 0.25) is 0 Å². The topological polar surface area (TPSA) is 58.4 Å². The van der Waals surface area contributed by atoms with E-state index >= 15 is 0 Å². The van der Waals surface area contributed by atoms with Gasteiger partial charge in [-0.3, -0.25) is 10.1 Å².